The summed E-state index contributed by atoms with van der Waals surface area (Å²) in [4.78, 5) is 12.4. The monoisotopic (exact) mass is 365 g/mol. The third-order valence-corrected chi connectivity index (χ3v) is 5.53. The summed E-state index contributed by atoms with van der Waals surface area (Å²) < 4.78 is 11.3. The molecule has 4 rings (SSSR count). The van der Waals surface area contributed by atoms with Gasteiger partial charge in [0.05, 0.1) is 13.2 Å². The van der Waals surface area contributed by atoms with Crippen molar-refractivity contribution in [2.45, 2.75) is 51.2 Å². The molecule has 1 atom stereocenters. The fourth-order valence-corrected chi connectivity index (χ4v) is 3.93. The smallest absolute Gasteiger partial charge is 0.260 e. The maximum atomic E-state index is 12.4. The van der Waals surface area contributed by atoms with E-state index in [9.17, 15) is 4.79 Å². The second-order valence-corrected chi connectivity index (χ2v) is 7.53. The minimum Gasteiger partial charge on any atom is -0.481 e. The van der Waals surface area contributed by atoms with Gasteiger partial charge in [0.25, 0.3) is 5.91 Å². The van der Waals surface area contributed by atoms with Crippen molar-refractivity contribution in [2.24, 2.45) is 0 Å². The number of ether oxygens (including phenoxy) is 2. The van der Waals surface area contributed by atoms with Crippen LogP contribution in [0.3, 0.4) is 0 Å². The molecule has 1 aliphatic heterocycles. The molecule has 142 valence electrons. The van der Waals surface area contributed by atoms with Gasteiger partial charge in [0, 0.05) is 6.04 Å². The van der Waals surface area contributed by atoms with Gasteiger partial charge in [-0.2, -0.15) is 0 Å². The van der Waals surface area contributed by atoms with Gasteiger partial charge >= 0.3 is 0 Å². The van der Waals surface area contributed by atoms with Gasteiger partial charge in [-0.1, -0.05) is 37.1 Å². The van der Waals surface area contributed by atoms with E-state index in [1.165, 1.54) is 29.4 Å². The molecule has 0 bridgehead atoms. The van der Waals surface area contributed by atoms with Crippen molar-refractivity contribution in [3.05, 3.63) is 48.0 Å². The first kappa shape index (κ1) is 18.1. The molecule has 0 saturated heterocycles. The number of nitrogens with one attached hydrogen (secondary N) is 1. The van der Waals surface area contributed by atoms with Crippen LogP contribution < -0.4 is 10.1 Å². The van der Waals surface area contributed by atoms with Gasteiger partial charge in [-0.15, -0.1) is 0 Å². The Morgan fingerprint density at radius 3 is 2.74 bits per heavy atom. The van der Waals surface area contributed by atoms with E-state index in [2.05, 4.69) is 35.7 Å². The summed E-state index contributed by atoms with van der Waals surface area (Å²) >= 11 is 0. The molecule has 4 heteroatoms. The molecular weight excluding hydrogens is 338 g/mol. The zero-order valence-electron chi connectivity index (χ0n) is 15.9. The summed E-state index contributed by atoms with van der Waals surface area (Å²) in [7, 11) is 0. The largest absolute Gasteiger partial charge is 0.481 e. The molecule has 1 fully saturated rings. The first-order chi connectivity index (χ1) is 13.2. The number of fused-ring (bicyclic) bond motifs is 1. The molecule has 0 radical (unpaired) electrons. The average molecular weight is 365 g/mol. The van der Waals surface area contributed by atoms with Crippen LogP contribution in [-0.4, -0.2) is 31.3 Å². The summed E-state index contributed by atoms with van der Waals surface area (Å²) in [6.07, 6.45) is 7.17. The number of hydrogen-bond acceptors (Lipinski definition) is 3. The predicted molar refractivity (Wildman–Crippen MR) is 108 cm³/mol. The van der Waals surface area contributed by atoms with Crippen molar-refractivity contribution in [1.29, 1.82) is 0 Å². The molecule has 1 saturated carbocycles. The highest BCUT2D eigenvalue weighted by Gasteiger charge is 2.21. The van der Waals surface area contributed by atoms with Crippen molar-refractivity contribution < 1.29 is 14.3 Å². The standard InChI is InChI=1S/C23H27NO3/c1-16(23(25)24-21-4-2-3-5-21)27-22-9-8-17-6-7-19(14-20(17)15-22)18-10-12-26-13-11-18/h6-10,14-16,21H,2-5,11-13H2,1H3,(H,24,25). The Hall–Kier alpha value is -2.33. The van der Waals surface area contributed by atoms with Crippen LogP contribution in [0.2, 0.25) is 0 Å². The summed E-state index contributed by atoms with van der Waals surface area (Å²) in [5.74, 6) is 0.706. The Labute approximate surface area is 160 Å². The Morgan fingerprint density at radius 1 is 1.15 bits per heavy atom. The van der Waals surface area contributed by atoms with E-state index >= 15 is 0 Å². The lowest BCUT2D eigenvalue weighted by atomic mass is 9.98. The topological polar surface area (TPSA) is 47.6 Å². The van der Waals surface area contributed by atoms with Crippen molar-refractivity contribution >= 4 is 22.3 Å². The number of benzene rings is 2. The number of amides is 1. The van der Waals surface area contributed by atoms with Gasteiger partial charge in [0.2, 0.25) is 0 Å². The quantitative estimate of drug-likeness (QED) is 0.850. The van der Waals surface area contributed by atoms with E-state index in [1.807, 2.05) is 19.1 Å². The third kappa shape index (κ3) is 4.33. The van der Waals surface area contributed by atoms with Crippen molar-refractivity contribution in [2.75, 3.05) is 13.2 Å². The average Bonchev–Trinajstić information content (AvgIpc) is 3.21. The minimum atomic E-state index is -0.496. The van der Waals surface area contributed by atoms with Gasteiger partial charge in [0.1, 0.15) is 5.75 Å². The molecule has 27 heavy (non-hydrogen) atoms. The fraction of sp³-hybridized carbons (Fsp3) is 0.435. The molecule has 1 aliphatic carbocycles. The zero-order valence-corrected chi connectivity index (χ0v) is 15.9. The molecule has 0 aromatic heterocycles. The van der Waals surface area contributed by atoms with Crippen LogP contribution >= 0.6 is 0 Å². The maximum absolute atomic E-state index is 12.4. The third-order valence-electron chi connectivity index (χ3n) is 5.53. The zero-order chi connectivity index (χ0) is 18.6. The number of carbonyl (C=O) groups is 1. The minimum absolute atomic E-state index is 0.0249. The Bertz CT molecular complexity index is 852. The van der Waals surface area contributed by atoms with Gasteiger partial charge in [0.15, 0.2) is 6.10 Å². The first-order valence-electron chi connectivity index (χ1n) is 9.97. The van der Waals surface area contributed by atoms with Crippen LogP contribution in [-0.2, 0) is 9.53 Å². The highest BCUT2D eigenvalue weighted by atomic mass is 16.5. The van der Waals surface area contributed by atoms with Crippen molar-refractivity contribution in [1.82, 2.24) is 5.32 Å². The van der Waals surface area contributed by atoms with Crippen LogP contribution in [0.5, 0.6) is 5.75 Å². The Kier molecular flexibility index (Phi) is 5.44. The van der Waals surface area contributed by atoms with Crippen LogP contribution in [0.1, 0.15) is 44.6 Å². The highest BCUT2D eigenvalue weighted by Crippen LogP contribution is 2.28. The van der Waals surface area contributed by atoms with Gasteiger partial charge in [-0.3, -0.25) is 4.79 Å². The lowest BCUT2D eigenvalue weighted by Crippen LogP contribution is -2.41. The molecule has 1 N–H and O–H groups in total. The van der Waals surface area contributed by atoms with Crippen LogP contribution in [0.15, 0.2) is 42.5 Å². The Balaban J connectivity index is 1.48. The summed E-state index contributed by atoms with van der Waals surface area (Å²) in [5, 5.41) is 5.40. The molecule has 0 spiro atoms. The van der Waals surface area contributed by atoms with Crippen molar-refractivity contribution in [3.63, 3.8) is 0 Å². The molecule has 2 aromatic rings. The van der Waals surface area contributed by atoms with Gasteiger partial charge in [-0.05, 0) is 66.3 Å². The van der Waals surface area contributed by atoms with Crippen LogP contribution in [0.25, 0.3) is 16.3 Å². The number of rotatable bonds is 5. The van der Waals surface area contributed by atoms with E-state index in [-0.39, 0.29) is 5.91 Å². The number of hydrogen-bond donors (Lipinski definition) is 1. The lowest BCUT2D eigenvalue weighted by Gasteiger charge is -2.18. The van der Waals surface area contributed by atoms with Crippen LogP contribution in [0, 0.1) is 0 Å². The van der Waals surface area contributed by atoms with Gasteiger partial charge in [-0.25, -0.2) is 0 Å². The second-order valence-electron chi connectivity index (χ2n) is 7.53. The molecular formula is C23H27NO3. The van der Waals surface area contributed by atoms with E-state index in [0.29, 0.717) is 12.6 Å². The Morgan fingerprint density at radius 2 is 1.96 bits per heavy atom. The van der Waals surface area contributed by atoms with Gasteiger partial charge < -0.3 is 14.8 Å². The molecule has 1 heterocycles. The lowest BCUT2D eigenvalue weighted by molar-refractivity contribution is -0.127. The van der Waals surface area contributed by atoms with Crippen LogP contribution in [0.4, 0.5) is 0 Å². The first-order valence-corrected chi connectivity index (χ1v) is 9.97. The molecule has 2 aliphatic rings. The molecule has 1 amide bonds. The van der Waals surface area contributed by atoms with E-state index < -0.39 is 6.10 Å². The SMILES string of the molecule is CC(Oc1ccc2ccc(C3=CCOCC3)cc2c1)C(=O)NC1CCCC1. The van der Waals surface area contributed by atoms with Crippen molar-refractivity contribution in [3.8, 4) is 5.75 Å². The maximum Gasteiger partial charge on any atom is 0.260 e. The van der Waals surface area contributed by atoms with E-state index in [4.69, 9.17) is 9.47 Å². The molecule has 2 aromatic carbocycles. The second kappa shape index (κ2) is 8.13. The van der Waals surface area contributed by atoms with E-state index in [0.717, 1.165) is 37.0 Å². The summed E-state index contributed by atoms with van der Waals surface area (Å²) in [5.41, 5.74) is 2.56. The molecule has 4 nitrogen and oxygen atoms in total. The highest BCUT2D eigenvalue weighted by molar-refractivity contribution is 5.88. The molecule has 1 unspecified atom stereocenters. The predicted octanol–water partition coefficient (Wildman–Crippen LogP) is 4.47. The summed E-state index contributed by atoms with van der Waals surface area (Å²) in [6.45, 7) is 3.28. The normalized spacial score (nSPS) is 18.9. The summed E-state index contributed by atoms with van der Waals surface area (Å²) in [6, 6.07) is 12.8. The van der Waals surface area contributed by atoms with E-state index in [1.54, 1.807) is 0 Å². The number of carbonyl (C=O) groups excluding carboxylic acids is 1. The fourth-order valence-electron chi connectivity index (χ4n) is 3.93.